The van der Waals surface area contributed by atoms with E-state index in [0.717, 1.165) is 0 Å². The number of halogens is 3. The minimum absolute atomic E-state index is 0. The molecule has 0 nitrogen and oxygen atoms in total. The second-order valence-corrected chi connectivity index (χ2v) is 7.95. The third-order valence-corrected chi connectivity index (χ3v) is 0. The first-order chi connectivity index (χ1) is 1.73. The molecule has 0 radical (unpaired) electrons. The molecule has 0 saturated carbocycles. The van der Waals surface area contributed by atoms with Crippen LogP contribution in [0.2, 0.25) is 0 Å². The average molecular weight is 294 g/mol. The van der Waals surface area contributed by atoms with E-state index in [1.165, 1.54) is 0 Å². The van der Waals surface area contributed by atoms with Crippen LogP contribution in [0.25, 0.3) is 0 Å². The van der Waals surface area contributed by atoms with E-state index in [4.69, 9.17) is 27.9 Å². The van der Waals surface area contributed by atoms with Gasteiger partial charge in [-0.1, -0.05) is 0 Å². The summed E-state index contributed by atoms with van der Waals surface area (Å²) < 4.78 is 0. The fraction of sp³-hybridized carbons (Fsp3) is 0. The zero-order valence-electron chi connectivity index (χ0n) is 4.34. The second kappa shape index (κ2) is 7.16. The average Bonchev–Trinajstić information content (AvgIpc) is 0.811. The van der Waals surface area contributed by atoms with Gasteiger partial charge in [-0.25, -0.2) is 0 Å². The van der Waals surface area contributed by atoms with Gasteiger partial charge < -0.3 is 2.85 Å². The third-order valence-electron chi connectivity index (χ3n) is 0. The third kappa shape index (κ3) is 19.1. The summed E-state index contributed by atoms with van der Waals surface area (Å²) in [6.07, 6.45) is 0. The van der Waals surface area contributed by atoms with Gasteiger partial charge in [-0.15, -0.1) is 0 Å². The van der Waals surface area contributed by atoms with Crippen LogP contribution in [-0.4, -0.2) is 48.9 Å². The van der Waals surface area contributed by atoms with E-state index in [2.05, 4.69) is 0 Å². The van der Waals surface area contributed by atoms with Crippen LogP contribution in [-0.2, 0) is 14.7 Å². The molecule has 5 heavy (non-hydrogen) atoms. The molecule has 0 heterocycles. The molecular weight excluding hydrogens is 292 g/mol. The maximum absolute atomic E-state index is 4.97. The Morgan fingerprint density at radius 3 is 1.20 bits per heavy atom. The summed E-state index contributed by atoms with van der Waals surface area (Å²) in [6.45, 7) is 0. The molecule has 0 rings (SSSR count). The number of rotatable bonds is 0. The molecule has 0 aliphatic carbocycles. The van der Waals surface area contributed by atoms with Gasteiger partial charge in [0, 0.05) is 0 Å². The molecule has 29 valence electrons. The van der Waals surface area contributed by atoms with Crippen LogP contribution in [0.5, 0.6) is 0 Å². The van der Waals surface area contributed by atoms with Crippen molar-refractivity contribution < 1.29 is 17.5 Å². The first-order valence-corrected chi connectivity index (χ1v) is 7.01. The van der Waals surface area contributed by atoms with Gasteiger partial charge in [0.05, 0.1) is 0 Å². The molecular formula is H2BaCl3Ti. The molecule has 0 aromatic heterocycles. The van der Waals surface area contributed by atoms with Gasteiger partial charge in [0.15, 0.2) is 0 Å². The maximum Gasteiger partial charge on any atom is -1.00 e. The Morgan fingerprint density at radius 2 is 1.20 bits per heavy atom. The van der Waals surface area contributed by atoms with Crippen LogP contribution in [0.3, 0.4) is 0 Å². The summed E-state index contributed by atoms with van der Waals surface area (Å²) in [5, 5.41) is 0. The van der Waals surface area contributed by atoms with Gasteiger partial charge >= 0.3 is 91.5 Å². The van der Waals surface area contributed by atoms with E-state index >= 15 is 0 Å². The molecule has 0 fully saturated rings. The quantitative estimate of drug-likeness (QED) is 0.599. The van der Waals surface area contributed by atoms with E-state index in [1.807, 2.05) is 0 Å². The van der Waals surface area contributed by atoms with Crippen LogP contribution >= 0.6 is 27.9 Å². The van der Waals surface area contributed by atoms with E-state index in [1.54, 1.807) is 0 Å². The van der Waals surface area contributed by atoms with Crippen molar-refractivity contribution in [1.82, 2.24) is 0 Å². The van der Waals surface area contributed by atoms with Crippen molar-refractivity contribution in [2.45, 2.75) is 0 Å². The van der Waals surface area contributed by atoms with E-state index in [0.29, 0.717) is 0 Å². The Hall–Kier alpha value is 3.16. The molecule has 0 saturated heterocycles. The zero-order valence-corrected chi connectivity index (χ0v) is 10.6. The zero-order chi connectivity index (χ0) is 3.58. The normalized spacial score (nSPS) is 5.40. The van der Waals surface area contributed by atoms with Crippen molar-refractivity contribution in [3.63, 3.8) is 0 Å². The van der Waals surface area contributed by atoms with Gasteiger partial charge in [-0.3, -0.25) is 0 Å². The van der Waals surface area contributed by atoms with Crippen molar-refractivity contribution in [3.05, 3.63) is 0 Å². The Kier molecular flexibility index (Phi) is 15.8. The minimum Gasteiger partial charge on any atom is -1.00 e. The topological polar surface area (TPSA) is 0 Å². The van der Waals surface area contributed by atoms with Crippen molar-refractivity contribution >= 4 is 76.8 Å². The van der Waals surface area contributed by atoms with Crippen LogP contribution in [0, 0.1) is 0 Å². The van der Waals surface area contributed by atoms with Crippen molar-refractivity contribution in [1.29, 1.82) is 0 Å². The summed E-state index contributed by atoms with van der Waals surface area (Å²) >= 11 is -1.92. The molecule has 0 aliphatic heterocycles. The van der Waals surface area contributed by atoms with Crippen LogP contribution in [0.15, 0.2) is 0 Å². The van der Waals surface area contributed by atoms with Gasteiger partial charge in [-0.05, 0) is 0 Å². The Morgan fingerprint density at radius 1 is 1.20 bits per heavy atom. The summed E-state index contributed by atoms with van der Waals surface area (Å²) in [6, 6.07) is 0. The fourth-order valence-electron chi connectivity index (χ4n) is 0. The smallest absolute Gasteiger partial charge is 1.00 e. The van der Waals surface area contributed by atoms with Gasteiger partial charge in [0.25, 0.3) is 0 Å². The van der Waals surface area contributed by atoms with Crippen LogP contribution in [0.1, 0.15) is 2.85 Å². The number of hydrogen-bond donors (Lipinski definition) is 0. The molecule has 0 aliphatic rings. The van der Waals surface area contributed by atoms with E-state index in [-0.39, 0.29) is 51.7 Å². The van der Waals surface area contributed by atoms with Gasteiger partial charge in [0.1, 0.15) is 0 Å². The van der Waals surface area contributed by atoms with Crippen LogP contribution in [0.4, 0.5) is 0 Å². The Labute approximate surface area is 92.0 Å². The Bertz CT molecular complexity index is 17.7. The van der Waals surface area contributed by atoms with Crippen molar-refractivity contribution in [2.75, 3.05) is 0 Å². The predicted molar refractivity (Wildman–Crippen MR) is 25.5 cm³/mol. The molecule has 0 aromatic carbocycles. The SMILES string of the molecule is [Ba+2].[Cl][Ti]([Cl])[Cl].[H-].[H-]. The molecule has 0 N–H and O–H groups in total. The maximum atomic E-state index is 4.97. The van der Waals surface area contributed by atoms with Crippen molar-refractivity contribution in [2.24, 2.45) is 0 Å². The van der Waals surface area contributed by atoms with Crippen molar-refractivity contribution in [3.8, 4) is 0 Å². The Balaban J connectivity index is -0.0000000150. The molecule has 0 spiro atoms. The largest absolute Gasteiger partial charge is 1.00 e. The number of hydrogen-bond acceptors (Lipinski definition) is 0. The molecule has 0 unspecified atom stereocenters. The predicted octanol–water partition coefficient (Wildman–Crippen LogP) is 1.91. The molecule has 0 atom stereocenters. The van der Waals surface area contributed by atoms with Gasteiger partial charge in [0.2, 0.25) is 0 Å². The molecule has 0 aromatic rings. The first-order valence-electron chi connectivity index (χ1n) is 0.567. The second-order valence-electron chi connectivity index (χ2n) is 0.214. The molecule has 0 bridgehead atoms. The van der Waals surface area contributed by atoms with Crippen LogP contribution < -0.4 is 0 Å². The van der Waals surface area contributed by atoms with Gasteiger partial charge in [-0.2, -0.15) is 0 Å². The molecule has 5 heteroatoms. The monoisotopic (exact) mass is 293 g/mol. The standard InChI is InChI=1S/Ba.3ClH.Ti.2H/h;3*1H;;;/q+2;;;;+3;2*-1/p-3. The summed E-state index contributed by atoms with van der Waals surface area (Å²) in [5.74, 6) is 0. The summed E-state index contributed by atoms with van der Waals surface area (Å²) in [7, 11) is 14.9. The first kappa shape index (κ1) is 11.0. The fourth-order valence-corrected chi connectivity index (χ4v) is 0. The minimum atomic E-state index is -1.92. The van der Waals surface area contributed by atoms with E-state index < -0.39 is 14.7 Å². The van der Waals surface area contributed by atoms with E-state index in [9.17, 15) is 0 Å². The summed E-state index contributed by atoms with van der Waals surface area (Å²) in [5.41, 5.74) is 0. The molecule has 0 amide bonds. The summed E-state index contributed by atoms with van der Waals surface area (Å²) in [4.78, 5) is 0.